The number of hydrogen-bond acceptors (Lipinski definition) is 15. The lowest BCUT2D eigenvalue weighted by Crippen LogP contribution is -2.56. The molecular formula is C56H105N11O14. The van der Waals surface area contributed by atoms with E-state index in [-0.39, 0.29) is 69.8 Å². The Morgan fingerprint density at radius 3 is 0.765 bits per heavy atom. The molecule has 0 unspecified atom stereocenters. The van der Waals surface area contributed by atoms with E-state index in [4.69, 9.17) is 5.73 Å². The zero-order chi connectivity index (χ0) is 62.6. The maximum atomic E-state index is 14.5. The van der Waals surface area contributed by atoms with Crippen molar-refractivity contribution in [2.75, 3.05) is 91.6 Å². The van der Waals surface area contributed by atoms with Gasteiger partial charge in [0.25, 0.3) is 0 Å². The molecule has 0 rings (SSSR count). The minimum absolute atomic E-state index is 0.0168. The molecule has 0 aromatic carbocycles. The van der Waals surface area contributed by atoms with Crippen LogP contribution in [0.4, 0.5) is 0 Å². The van der Waals surface area contributed by atoms with Crippen molar-refractivity contribution in [1.29, 1.82) is 0 Å². The van der Waals surface area contributed by atoms with Crippen LogP contribution in [0.1, 0.15) is 149 Å². The van der Waals surface area contributed by atoms with Gasteiger partial charge in [0, 0.05) is 62.4 Å². The van der Waals surface area contributed by atoms with Gasteiger partial charge in [-0.3, -0.25) is 47.9 Å². The molecule has 10 amide bonds. The molecule has 0 saturated heterocycles. The van der Waals surface area contributed by atoms with Gasteiger partial charge >= 0.3 is 0 Å². The highest BCUT2D eigenvalue weighted by Gasteiger charge is 2.35. The van der Waals surface area contributed by atoms with Crippen LogP contribution >= 0.6 is 0 Å². The fourth-order valence-electron chi connectivity index (χ4n) is 8.52. The van der Waals surface area contributed by atoms with Crippen LogP contribution in [0.2, 0.25) is 0 Å². The Balaban J connectivity index is 6.88. The van der Waals surface area contributed by atoms with Crippen molar-refractivity contribution in [1.82, 2.24) is 49.4 Å². The van der Waals surface area contributed by atoms with Crippen molar-refractivity contribution in [3.05, 3.63) is 0 Å². The normalized spacial score (nSPS) is 15.0. The van der Waals surface area contributed by atoms with Gasteiger partial charge in [-0.15, -0.1) is 0 Å². The molecular weight excluding hydrogens is 1050 g/mol. The predicted molar refractivity (Wildman–Crippen MR) is 307 cm³/mol. The summed E-state index contributed by atoms with van der Waals surface area (Å²) in [5.41, 5.74) is 5.44. The maximum Gasteiger partial charge on any atom is 0.242 e. The molecule has 7 N–H and O–H groups in total. The number of carbonyl (C=O) groups excluding carboxylic acids is 10. The van der Waals surface area contributed by atoms with E-state index in [0.717, 1.165) is 26.0 Å². The van der Waals surface area contributed by atoms with E-state index in [1.807, 2.05) is 27.7 Å². The van der Waals surface area contributed by atoms with Crippen LogP contribution < -0.4 is 11.1 Å². The number of primary amides is 1. The zero-order valence-electron chi connectivity index (χ0n) is 51.9. The molecule has 0 heterocycles. The summed E-state index contributed by atoms with van der Waals surface area (Å²) in [7, 11) is 0. The molecule has 0 bridgehead atoms. The van der Waals surface area contributed by atoms with Gasteiger partial charge in [0.1, 0.15) is 26.2 Å². The molecule has 0 aromatic rings. The quantitative estimate of drug-likeness (QED) is 0.0464. The number of aliphatic hydroxyl groups excluding tert-OH is 4. The van der Waals surface area contributed by atoms with Crippen LogP contribution in [0.25, 0.3) is 0 Å². The van der Waals surface area contributed by atoms with Gasteiger partial charge in [-0.05, 0) is 108 Å². The van der Waals surface area contributed by atoms with E-state index in [9.17, 15) is 68.4 Å². The fraction of sp³-hybridized carbons (Fsp3) is 0.821. The molecule has 468 valence electrons. The number of amides is 10. The van der Waals surface area contributed by atoms with Gasteiger partial charge < -0.3 is 75.6 Å². The molecule has 0 aliphatic rings. The molecule has 0 fully saturated rings. The van der Waals surface area contributed by atoms with Crippen molar-refractivity contribution < 1.29 is 68.4 Å². The van der Waals surface area contributed by atoms with E-state index >= 15 is 0 Å². The molecule has 0 aliphatic carbocycles. The number of rotatable bonds is 40. The summed E-state index contributed by atoms with van der Waals surface area (Å²) in [6.45, 7) is 21.0. The molecule has 0 aliphatic heterocycles. The van der Waals surface area contributed by atoms with Crippen LogP contribution in [0.5, 0.6) is 0 Å². The second-order valence-electron chi connectivity index (χ2n) is 22.0. The molecule has 25 heteroatoms. The van der Waals surface area contributed by atoms with Crippen LogP contribution in [-0.2, 0) is 47.9 Å². The van der Waals surface area contributed by atoms with Gasteiger partial charge in [-0.1, -0.05) is 41.5 Å². The molecule has 10 atom stereocenters. The summed E-state index contributed by atoms with van der Waals surface area (Å²) < 4.78 is 0. The van der Waals surface area contributed by atoms with Crippen LogP contribution in [-0.4, -0.2) is 276 Å². The summed E-state index contributed by atoms with van der Waals surface area (Å²) in [5.74, 6) is -6.53. The zero-order valence-corrected chi connectivity index (χ0v) is 51.9. The van der Waals surface area contributed by atoms with Gasteiger partial charge in [0.2, 0.25) is 59.1 Å². The second-order valence-corrected chi connectivity index (χ2v) is 22.0. The molecule has 0 spiro atoms. The average Bonchev–Trinajstić information content (AvgIpc) is 3.39. The Labute approximate surface area is 482 Å². The summed E-state index contributed by atoms with van der Waals surface area (Å²) in [5, 5.41) is 45.2. The highest BCUT2D eigenvalue weighted by atomic mass is 16.3. The first kappa shape index (κ1) is 75.5. The highest BCUT2D eigenvalue weighted by molar-refractivity contribution is 5.94. The number of carbonyl (C=O) groups is 10. The Morgan fingerprint density at radius 2 is 0.531 bits per heavy atom. The van der Waals surface area contributed by atoms with Crippen molar-refractivity contribution >= 4 is 59.1 Å². The third-order valence-corrected chi connectivity index (χ3v) is 14.6. The third kappa shape index (κ3) is 27.4. The first-order valence-electron chi connectivity index (χ1n) is 29.1. The minimum Gasteiger partial charge on any atom is -0.392 e. The summed E-state index contributed by atoms with van der Waals surface area (Å²) in [6, 6.07) is -2.37. The largest absolute Gasteiger partial charge is 0.392 e. The standard InChI is InChI=1S/C56H105N11O14/c1-17-37(7)58-23-48(73)64(39(9)19-3)33-51(76)59(24-43(13)68)29-49(74)62(27-46(16)71)32-54(79)67(42(12)22-6)36-56(81)65(40(10)20-4)34-52(77)60(25-44(14)69)30-50(75)61(26-45(15)70)31-53(78)66(41(11)21-5)35-55(80)63(28-47(57)72)38(8)18-2/h37-46,58,68-71H,17-36H2,1-16H3,(H2,57,72)/t37-,38-,39-,40-,41-,42-,43+,44+,45+,46+/m1/s1. The molecule has 0 saturated carbocycles. The number of nitrogens with one attached hydrogen (secondary N) is 1. The van der Waals surface area contributed by atoms with E-state index in [0.29, 0.717) is 32.1 Å². The van der Waals surface area contributed by atoms with Crippen LogP contribution in [0.15, 0.2) is 0 Å². The smallest absolute Gasteiger partial charge is 0.242 e. The molecule has 0 radical (unpaired) electrons. The predicted octanol–water partition coefficient (Wildman–Crippen LogP) is -0.167. The lowest BCUT2D eigenvalue weighted by molar-refractivity contribution is -0.152. The van der Waals surface area contributed by atoms with Gasteiger partial charge in [0.15, 0.2) is 0 Å². The van der Waals surface area contributed by atoms with E-state index < -0.39 is 142 Å². The van der Waals surface area contributed by atoms with Gasteiger partial charge in [0.05, 0.1) is 63.7 Å². The third-order valence-electron chi connectivity index (χ3n) is 14.6. The lowest BCUT2D eigenvalue weighted by Gasteiger charge is -2.36. The number of hydrogen-bond donors (Lipinski definition) is 6. The number of nitrogens with zero attached hydrogens (tertiary/aromatic N) is 9. The maximum absolute atomic E-state index is 14.5. The van der Waals surface area contributed by atoms with E-state index in [1.54, 1.807) is 55.4 Å². The monoisotopic (exact) mass is 1160 g/mol. The second kappa shape index (κ2) is 38.3. The SMILES string of the molecule is CC[C@@H](C)NCC(=O)N(CC(=O)N(CC(=O)N(CC(=O)N(CC(=O)N(CC(=O)N(CC(=O)N(CC(=O)N(CC(=O)N(CC(N)=O)[C@H](C)CC)[C@H](C)CC)C[C@H](C)O)C[C@H](C)O)[C@H](C)CC)[C@H](C)CC)C[C@H](C)O)C[C@H](C)O)[C@H](C)CC. The Hall–Kier alpha value is -5.50. The Morgan fingerprint density at radius 1 is 0.321 bits per heavy atom. The Kier molecular flexibility index (Phi) is 35.7. The molecule has 0 aromatic heterocycles. The first-order chi connectivity index (χ1) is 37.7. The minimum atomic E-state index is -1.17. The fourth-order valence-corrected chi connectivity index (χ4v) is 8.52. The molecule has 81 heavy (non-hydrogen) atoms. The van der Waals surface area contributed by atoms with Crippen molar-refractivity contribution in [2.45, 2.75) is 210 Å². The molecule has 25 nitrogen and oxygen atoms in total. The lowest BCUT2D eigenvalue weighted by atomic mass is 10.1. The van der Waals surface area contributed by atoms with E-state index in [1.165, 1.54) is 52.2 Å². The number of aliphatic hydroxyl groups is 4. The average molecular weight is 1160 g/mol. The topological polar surface area (TPSA) is 319 Å². The van der Waals surface area contributed by atoms with Crippen LogP contribution in [0, 0.1) is 0 Å². The van der Waals surface area contributed by atoms with Crippen molar-refractivity contribution in [3.63, 3.8) is 0 Å². The highest BCUT2D eigenvalue weighted by Crippen LogP contribution is 2.15. The summed E-state index contributed by atoms with van der Waals surface area (Å²) in [6.07, 6.45) is -1.60. The van der Waals surface area contributed by atoms with Gasteiger partial charge in [-0.25, -0.2) is 0 Å². The van der Waals surface area contributed by atoms with Crippen LogP contribution in [0.3, 0.4) is 0 Å². The summed E-state index contributed by atoms with van der Waals surface area (Å²) >= 11 is 0. The van der Waals surface area contributed by atoms with E-state index in [2.05, 4.69) is 5.32 Å². The Bertz CT molecular complexity index is 2010. The first-order valence-corrected chi connectivity index (χ1v) is 29.1. The van der Waals surface area contributed by atoms with Gasteiger partial charge in [-0.2, -0.15) is 0 Å². The number of nitrogens with two attached hydrogens (primary N) is 1. The van der Waals surface area contributed by atoms with Crippen molar-refractivity contribution in [2.24, 2.45) is 5.73 Å². The van der Waals surface area contributed by atoms with Crippen molar-refractivity contribution in [3.8, 4) is 0 Å². The summed E-state index contributed by atoms with van der Waals surface area (Å²) in [4.78, 5) is 149.